The van der Waals surface area contributed by atoms with Gasteiger partial charge in [-0.25, -0.2) is 9.36 Å². The lowest BCUT2D eigenvalue weighted by molar-refractivity contribution is -0.139. The molecule has 1 heterocycles. The molecule has 0 spiro atoms. The van der Waals surface area contributed by atoms with Gasteiger partial charge in [0.15, 0.2) is 12.2 Å². The average Bonchev–Trinajstić information content (AvgIpc) is 3.41. The quantitative estimate of drug-likeness (QED) is 0.0367. The fraction of sp³-hybridized carbons (Fsp3) is 0.500. The molecule has 1 saturated heterocycles. The van der Waals surface area contributed by atoms with Gasteiger partial charge in [-0.3, -0.25) is 33.6 Å². The van der Waals surface area contributed by atoms with Crippen LogP contribution in [0.3, 0.4) is 0 Å². The van der Waals surface area contributed by atoms with Crippen LogP contribution in [0.5, 0.6) is 5.75 Å². The lowest BCUT2D eigenvalue weighted by Gasteiger charge is -2.21. The van der Waals surface area contributed by atoms with Crippen LogP contribution in [0.25, 0.3) is 0 Å². The lowest BCUT2D eigenvalue weighted by atomic mass is 10.1. The van der Waals surface area contributed by atoms with Crippen LogP contribution in [0, 0.1) is 12.2 Å². The summed E-state index contributed by atoms with van der Waals surface area (Å²) in [5.41, 5.74) is 2.12. The molecular formula is C34H45N2O14PS. The van der Waals surface area contributed by atoms with Crippen molar-refractivity contribution in [1.29, 1.82) is 0 Å². The Morgan fingerprint density at radius 2 is 1.71 bits per heavy atom. The third-order valence-corrected chi connectivity index (χ3v) is 9.62. The number of hydrogen-bond donors (Lipinski definition) is 2. The zero-order chi connectivity index (χ0) is 37.7. The number of carbonyl (C=O) groups is 3. The van der Waals surface area contributed by atoms with Crippen LogP contribution in [0.15, 0.2) is 54.6 Å². The third kappa shape index (κ3) is 15.9. The Bertz CT molecular complexity index is 1500. The van der Waals surface area contributed by atoms with Crippen molar-refractivity contribution in [3.63, 3.8) is 0 Å². The van der Waals surface area contributed by atoms with Crippen LogP contribution in [0.2, 0.25) is 0 Å². The summed E-state index contributed by atoms with van der Waals surface area (Å²) < 4.78 is 56.4. The average molecular weight is 769 g/mol. The van der Waals surface area contributed by atoms with Gasteiger partial charge in [0, 0.05) is 25.7 Å². The highest BCUT2D eigenvalue weighted by atomic mass is 32.2. The van der Waals surface area contributed by atoms with Crippen molar-refractivity contribution in [3.8, 4) is 18.0 Å². The summed E-state index contributed by atoms with van der Waals surface area (Å²) in [6.07, 6.45) is 5.75. The van der Waals surface area contributed by atoms with Gasteiger partial charge >= 0.3 is 13.8 Å². The number of methoxy groups -OCH3 is 1. The Hall–Kier alpha value is -3.69. The molecule has 2 aromatic rings. The fourth-order valence-electron chi connectivity index (χ4n) is 4.28. The summed E-state index contributed by atoms with van der Waals surface area (Å²) in [6, 6.07) is 14.6. The first-order valence-corrected chi connectivity index (χ1v) is 18.8. The van der Waals surface area contributed by atoms with Crippen LogP contribution in [-0.2, 0) is 58.3 Å². The van der Waals surface area contributed by atoms with Gasteiger partial charge in [0.1, 0.15) is 24.6 Å². The Balaban J connectivity index is 1.39. The van der Waals surface area contributed by atoms with Gasteiger partial charge < -0.3 is 28.2 Å². The molecule has 1 aliphatic heterocycles. The molecule has 2 atom stereocenters. The second kappa shape index (κ2) is 23.1. The van der Waals surface area contributed by atoms with E-state index in [0.717, 1.165) is 4.90 Å². The zero-order valence-corrected chi connectivity index (χ0v) is 31.0. The van der Waals surface area contributed by atoms with E-state index >= 15 is 0 Å². The lowest BCUT2D eigenvalue weighted by Crippen LogP contribution is -2.34. The van der Waals surface area contributed by atoms with Crippen LogP contribution in [-0.4, -0.2) is 104 Å². The van der Waals surface area contributed by atoms with Gasteiger partial charge in [0.05, 0.1) is 57.0 Å². The van der Waals surface area contributed by atoms with E-state index in [0.29, 0.717) is 29.9 Å². The van der Waals surface area contributed by atoms with Crippen LogP contribution >= 0.6 is 19.6 Å². The first kappa shape index (κ1) is 42.7. The van der Waals surface area contributed by atoms with E-state index in [-0.39, 0.29) is 76.8 Å². The fourth-order valence-corrected chi connectivity index (χ4v) is 6.43. The van der Waals surface area contributed by atoms with E-state index in [4.69, 9.17) is 47.3 Å². The molecule has 2 amide bonds. The van der Waals surface area contributed by atoms with Gasteiger partial charge in [-0.1, -0.05) is 36.0 Å². The summed E-state index contributed by atoms with van der Waals surface area (Å²) >= 11 is 1.31. The van der Waals surface area contributed by atoms with E-state index in [1.165, 1.54) is 23.9 Å². The summed E-state index contributed by atoms with van der Waals surface area (Å²) in [6.45, 7) is 3.87. The molecule has 2 unspecified atom stereocenters. The summed E-state index contributed by atoms with van der Waals surface area (Å²) in [5.74, 6) is -0.598. The highest BCUT2D eigenvalue weighted by Crippen LogP contribution is 2.49. The zero-order valence-electron chi connectivity index (χ0n) is 29.3. The second-order valence-electron chi connectivity index (χ2n) is 11.4. The number of carbonyl (C=O) groups excluding carboxylic acids is 3. The van der Waals surface area contributed by atoms with Crippen LogP contribution in [0.4, 0.5) is 0 Å². The first-order valence-electron chi connectivity index (χ1n) is 16.3. The molecule has 18 heteroatoms. The minimum absolute atomic E-state index is 0.0192. The van der Waals surface area contributed by atoms with E-state index < -0.39 is 24.6 Å². The largest absolute Gasteiger partial charge is 0.530 e. The van der Waals surface area contributed by atoms with Gasteiger partial charge in [0.25, 0.3) is 0 Å². The van der Waals surface area contributed by atoms with Crippen LogP contribution in [0.1, 0.15) is 42.6 Å². The van der Waals surface area contributed by atoms with Crippen molar-refractivity contribution in [3.05, 3.63) is 65.7 Å². The number of ether oxygens (including phenoxy) is 5. The number of phosphoric acid groups is 1. The molecule has 16 nitrogen and oxygen atoms in total. The van der Waals surface area contributed by atoms with E-state index in [9.17, 15) is 18.9 Å². The van der Waals surface area contributed by atoms with Crippen molar-refractivity contribution in [2.45, 2.75) is 44.1 Å². The van der Waals surface area contributed by atoms with Gasteiger partial charge in [-0.05, 0) is 43.7 Å². The summed E-state index contributed by atoms with van der Waals surface area (Å²) in [5, 5.41) is 8.07. The molecule has 1 fully saturated rings. The Morgan fingerprint density at radius 3 is 2.42 bits per heavy atom. The third-order valence-electron chi connectivity index (χ3n) is 7.01. The number of benzene rings is 2. The summed E-state index contributed by atoms with van der Waals surface area (Å²) in [4.78, 5) is 43.4. The molecule has 0 aromatic heterocycles. The number of amides is 2. The summed E-state index contributed by atoms with van der Waals surface area (Å²) in [7, 11) is -2.63. The van der Waals surface area contributed by atoms with Crippen molar-refractivity contribution in [2.75, 3.05) is 65.7 Å². The number of hydrogen-bond acceptors (Lipinski definition) is 16. The van der Waals surface area contributed by atoms with Crippen molar-refractivity contribution in [2.24, 2.45) is 0 Å². The van der Waals surface area contributed by atoms with Gasteiger partial charge in [-0.15, -0.1) is 11.8 Å². The molecule has 2 N–H and O–H groups in total. The molecular weight excluding hydrogens is 723 g/mol. The number of esters is 1. The number of phosphoric ester groups is 1. The standard InChI is InChI=1S/C34H45N2O14PS/c1-34(2,13-15-42-3)46-20-17-44-23-24-52-30-25-31(37)36(32(30)38)14-16-43-18-21-48-51(41,50-29-11-9-27(10-12-29)26-47-35-40)49-22-19-45-33(39)28-7-5-4-6-8-28/h4-12,30,35,40H,13-16,18-19,21-26H2,1-3H3. The van der Waals surface area contributed by atoms with E-state index in [2.05, 4.69) is 12.2 Å². The minimum atomic E-state index is -4.25. The predicted molar refractivity (Wildman–Crippen MR) is 187 cm³/mol. The number of rotatable bonds is 25. The van der Waals surface area contributed by atoms with Gasteiger partial charge in [0.2, 0.25) is 11.8 Å². The topological polar surface area (TPSA) is 187 Å². The van der Waals surface area contributed by atoms with E-state index in [1.54, 1.807) is 55.2 Å². The maximum Gasteiger partial charge on any atom is 0.530 e. The molecule has 286 valence electrons. The Labute approximate surface area is 307 Å². The maximum atomic E-state index is 13.5. The smallest absolute Gasteiger partial charge is 0.460 e. The van der Waals surface area contributed by atoms with Crippen molar-refractivity contribution >= 4 is 37.4 Å². The molecule has 0 bridgehead atoms. The molecule has 0 radical (unpaired) electrons. The van der Waals surface area contributed by atoms with Crippen molar-refractivity contribution < 1.29 is 66.2 Å². The highest BCUT2D eigenvalue weighted by molar-refractivity contribution is 8.00. The second-order valence-corrected chi connectivity index (χ2v) is 14.4. The monoisotopic (exact) mass is 768 g/mol. The number of likely N-dealkylation sites (tertiary alicyclic amines) is 1. The molecule has 0 saturated carbocycles. The van der Waals surface area contributed by atoms with Crippen molar-refractivity contribution in [1.82, 2.24) is 10.5 Å². The maximum absolute atomic E-state index is 13.5. The first-order chi connectivity index (χ1) is 25.1. The van der Waals surface area contributed by atoms with E-state index in [1.807, 2.05) is 13.8 Å². The van der Waals surface area contributed by atoms with Gasteiger partial charge in [-0.2, -0.15) is 0 Å². The molecule has 1 aliphatic rings. The Kier molecular flexibility index (Phi) is 19.0. The number of imide groups is 1. The highest BCUT2D eigenvalue weighted by Gasteiger charge is 2.38. The predicted octanol–water partition coefficient (Wildman–Crippen LogP) is 4.12. The molecule has 3 rings (SSSR count). The number of nitrogens with zero attached hydrogens (tertiary/aromatic N) is 1. The normalized spacial score (nSPS) is 15.5. The SMILES string of the molecule is COCCC(C)(C)OC#COCCSC1CC(=O)N(CCOCCOP(=O)(OCCOC(=O)c2ccccc2)Oc2ccc(CONO)cc2)C1=O. The minimum Gasteiger partial charge on any atom is -0.460 e. The number of nitrogens with one attached hydrogen (secondary N) is 1. The molecule has 52 heavy (non-hydrogen) atoms. The molecule has 0 aliphatic carbocycles. The number of thioether (sulfide) groups is 1. The van der Waals surface area contributed by atoms with Crippen LogP contribution < -0.4 is 10.2 Å². The Morgan fingerprint density at radius 1 is 0.981 bits per heavy atom. The molecule has 2 aromatic carbocycles.